The average molecular weight is 513 g/mol. The van der Waals surface area contributed by atoms with Gasteiger partial charge < -0.3 is 24.4 Å². The molecule has 8 heteroatoms. The molecule has 184 valence electrons. The first-order chi connectivity index (χ1) is 17.9. The van der Waals surface area contributed by atoms with Crippen LogP contribution < -0.4 is 19.9 Å². The maximum atomic E-state index is 12.9. The molecule has 1 unspecified atom stereocenters. The molecule has 1 aliphatic heterocycles. The minimum atomic E-state index is -0.662. The summed E-state index contributed by atoms with van der Waals surface area (Å²) in [4.78, 5) is 12.9. The summed E-state index contributed by atoms with van der Waals surface area (Å²) in [6.07, 6.45) is 1.65. The lowest BCUT2D eigenvalue weighted by atomic mass is 9.83. The number of halogens is 1. The molecule has 37 heavy (non-hydrogen) atoms. The van der Waals surface area contributed by atoms with E-state index in [1.54, 1.807) is 49.4 Å². The number of furan rings is 1. The molecule has 0 saturated heterocycles. The van der Waals surface area contributed by atoms with Gasteiger partial charge in [-0.15, -0.1) is 0 Å². The van der Waals surface area contributed by atoms with Gasteiger partial charge in [0, 0.05) is 27.6 Å². The van der Waals surface area contributed by atoms with Crippen molar-refractivity contribution in [1.82, 2.24) is 0 Å². The number of aryl methyl sites for hydroxylation is 1. The molecule has 0 bridgehead atoms. The number of hydrogen-bond donors (Lipinski definition) is 1. The Hall–Kier alpha value is -4.67. The van der Waals surface area contributed by atoms with Crippen molar-refractivity contribution in [3.8, 4) is 23.3 Å². The molecule has 1 atom stereocenters. The molecular weight excluding hydrogens is 492 g/mol. The highest BCUT2D eigenvalue weighted by Crippen LogP contribution is 2.44. The highest BCUT2D eigenvalue weighted by Gasteiger charge is 2.31. The molecule has 0 aliphatic carbocycles. The Bertz CT molecular complexity index is 1630. The standard InChI is InChI=1S/C29H21ClN2O5/c1-3-11-34-19-6-4-5-17(12-19)26-21-9-8-20(14-25(21)37-28(32)23(26)15-31)35-29(33)27-16(2)22-13-18(30)7-10-24(22)36-27/h3-10,12-14,26H,1,11,32H2,2H3. The van der Waals surface area contributed by atoms with Crippen molar-refractivity contribution in [2.24, 2.45) is 5.73 Å². The Morgan fingerprint density at radius 3 is 2.81 bits per heavy atom. The second-order valence-corrected chi connectivity index (χ2v) is 8.82. The van der Waals surface area contributed by atoms with Gasteiger partial charge in [-0.3, -0.25) is 0 Å². The van der Waals surface area contributed by atoms with Crippen LogP contribution in [0.2, 0.25) is 5.02 Å². The van der Waals surface area contributed by atoms with Gasteiger partial charge in [0.2, 0.25) is 11.6 Å². The van der Waals surface area contributed by atoms with Crippen LogP contribution in [0.4, 0.5) is 0 Å². The monoisotopic (exact) mass is 512 g/mol. The van der Waals surface area contributed by atoms with Crippen LogP contribution in [-0.4, -0.2) is 12.6 Å². The summed E-state index contributed by atoms with van der Waals surface area (Å²) in [6.45, 7) is 5.78. The van der Waals surface area contributed by atoms with Gasteiger partial charge in [0.1, 0.15) is 41.1 Å². The summed E-state index contributed by atoms with van der Waals surface area (Å²) in [5.74, 6) is 0.143. The van der Waals surface area contributed by atoms with Gasteiger partial charge in [-0.1, -0.05) is 42.5 Å². The predicted molar refractivity (Wildman–Crippen MR) is 139 cm³/mol. The molecule has 0 spiro atoms. The van der Waals surface area contributed by atoms with Crippen molar-refractivity contribution < 1.29 is 23.4 Å². The van der Waals surface area contributed by atoms with E-state index in [1.165, 1.54) is 0 Å². The Morgan fingerprint density at radius 2 is 2.03 bits per heavy atom. The van der Waals surface area contributed by atoms with Crippen LogP contribution in [0.25, 0.3) is 11.0 Å². The van der Waals surface area contributed by atoms with Crippen LogP contribution in [0.15, 0.2) is 89.2 Å². The fourth-order valence-electron chi connectivity index (χ4n) is 4.32. The van der Waals surface area contributed by atoms with Crippen molar-refractivity contribution in [3.05, 3.63) is 112 Å². The van der Waals surface area contributed by atoms with Crippen molar-refractivity contribution in [1.29, 1.82) is 5.26 Å². The number of nitriles is 1. The zero-order valence-electron chi connectivity index (χ0n) is 19.8. The number of ether oxygens (including phenoxy) is 3. The molecule has 0 saturated carbocycles. The molecule has 1 aromatic heterocycles. The fraction of sp³-hybridized carbons (Fsp3) is 0.103. The Morgan fingerprint density at radius 1 is 1.19 bits per heavy atom. The van der Waals surface area contributed by atoms with Crippen molar-refractivity contribution >= 4 is 28.5 Å². The highest BCUT2D eigenvalue weighted by molar-refractivity contribution is 6.31. The Balaban J connectivity index is 1.47. The number of hydrogen-bond acceptors (Lipinski definition) is 7. The molecule has 2 heterocycles. The predicted octanol–water partition coefficient (Wildman–Crippen LogP) is 6.40. The second-order valence-electron chi connectivity index (χ2n) is 8.38. The number of carbonyl (C=O) groups excluding carboxylic acids is 1. The Kier molecular flexibility index (Phi) is 6.34. The number of nitrogens with two attached hydrogens (primary N) is 1. The molecule has 7 nitrogen and oxygen atoms in total. The summed E-state index contributed by atoms with van der Waals surface area (Å²) in [5.41, 5.74) is 9.05. The number of esters is 1. The Labute approximate surface area is 217 Å². The number of carbonyl (C=O) groups is 1. The fourth-order valence-corrected chi connectivity index (χ4v) is 4.49. The number of nitrogens with zero attached hydrogens (tertiary/aromatic N) is 1. The first-order valence-electron chi connectivity index (χ1n) is 11.4. The van der Waals surface area contributed by atoms with Crippen molar-refractivity contribution in [2.45, 2.75) is 12.8 Å². The van der Waals surface area contributed by atoms with E-state index >= 15 is 0 Å². The minimum absolute atomic E-state index is 0.0223. The summed E-state index contributed by atoms with van der Waals surface area (Å²) in [5, 5.41) is 11.1. The van der Waals surface area contributed by atoms with Crippen LogP contribution >= 0.6 is 11.6 Å². The molecule has 0 radical (unpaired) electrons. The van der Waals surface area contributed by atoms with Crippen molar-refractivity contribution in [3.63, 3.8) is 0 Å². The summed E-state index contributed by atoms with van der Waals surface area (Å²) in [7, 11) is 0. The smallest absolute Gasteiger partial charge is 0.379 e. The number of benzene rings is 3. The SMILES string of the molecule is C=CCOc1cccc(C2C(C#N)=C(N)Oc3cc(OC(=O)c4oc5ccc(Cl)cc5c4C)ccc32)c1. The summed E-state index contributed by atoms with van der Waals surface area (Å²) in [6, 6.07) is 19.6. The summed E-state index contributed by atoms with van der Waals surface area (Å²) >= 11 is 6.08. The minimum Gasteiger partial charge on any atom is -0.490 e. The van der Waals surface area contributed by atoms with Crippen LogP contribution in [0, 0.1) is 18.3 Å². The second kappa shape index (κ2) is 9.76. The molecule has 5 rings (SSSR count). The molecular formula is C29H21ClN2O5. The van der Waals surface area contributed by atoms with Crippen LogP contribution in [0.3, 0.4) is 0 Å². The van der Waals surface area contributed by atoms with E-state index in [9.17, 15) is 10.1 Å². The first kappa shape index (κ1) is 24.0. The normalized spacial score (nSPS) is 14.5. The molecule has 4 aromatic rings. The average Bonchev–Trinajstić information content (AvgIpc) is 3.22. The maximum Gasteiger partial charge on any atom is 0.379 e. The van der Waals surface area contributed by atoms with Crippen molar-refractivity contribution in [2.75, 3.05) is 6.61 Å². The third-order valence-electron chi connectivity index (χ3n) is 6.04. The number of allylic oxidation sites excluding steroid dienone is 1. The van der Waals surface area contributed by atoms with E-state index < -0.39 is 11.9 Å². The number of fused-ring (bicyclic) bond motifs is 2. The van der Waals surface area contributed by atoms with Gasteiger partial charge in [0.05, 0.1) is 5.92 Å². The molecule has 3 aromatic carbocycles. The third-order valence-corrected chi connectivity index (χ3v) is 6.28. The van der Waals surface area contributed by atoms with Crippen LogP contribution in [-0.2, 0) is 0 Å². The van der Waals surface area contributed by atoms with E-state index in [0.717, 1.165) is 10.9 Å². The van der Waals surface area contributed by atoms with E-state index in [2.05, 4.69) is 12.6 Å². The van der Waals surface area contributed by atoms with E-state index in [-0.39, 0.29) is 23.0 Å². The van der Waals surface area contributed by atoms with Gasteiger partial charge in [-0.2, -0.15) is 5.26 Å². The molecule has 2 N–H and O–H groups in total. The maximum absolute atomic E-state index is 12.9. The van der Waals surface area contributed by atoms with Gasteiger partial charge in [0.15, 0.2) is 0 Å². The number of rotatable bonds is 6. The van der Waals surface area contributed by atoms with E-state index in [0.29, 0.717) is 39.8 Å². The van der Waals surface area contributed by atoms with E-state index in [4.69, 9.17) is 36.0 Å². The first-order valence-corrected chi connectivity index (χ1v) is 11.7. The zero-order valence-corrected chi connectivity index (χ0v) is 20.5. The zero-order chi connectivity index (χ0) is 26.1. The lowest BCUT2D eigenvalue weighted by Gasteiger charge is -2.27. The van der Waals surface area contributed by atoms with E-state index in [1.807, 2.05) is 24.3 Å². The lowest BCUT2D eigenvalue weighted by Crippen LogP contribution is -2.21. The van der Waals surface area contributed by atoms with Gasteiger partial charge >= 0.3 is 5.97 Å². The molecule has 0 amide bonds. The van der Waals surface area contributed by atoms with Gasteiger partial charge in [0.25, 0.3) is 0 Å². The molecule has 0 fully saturated rings. The highest BCUT2D eigenvalue weighted by atomic mass is 35.5. The quantitative estimate of drug-likeness (QED) is 0.181. The third kappa shape index (κ3) is 4.51. The van der Waals surface area contributed by atoms with Gasteiger partial charge in [-0.25, -0.2) is 4.79 Å². The summed E-state index contributed by atoms with van der Waals surface area (Å²) < 4.78 is 22.7. The topological polar surface area (TPSA) is 108 Å². The van der Waals surface area contributed by atoms with Crippen LogP contribution in [0.5, 0.6) is 17.2 Å². The van der Waals surface area contributed by atoms with Crippen LogP contribution in [0.1, 0.15) is 33.2 Å². The largest absolute Gasteiger partial charge is 0.490 e. The lowest BCUT2D eigenvalue weighted by molar-refractivity contribution is 0.0702. The molecule has 1 aliphatic rings. The van der Waals surface area contributed by atoms with Gasteiger partial charge in [-0.05, 0) is 48.9 Å².